The largest absolute Gasteiger partial charge is 0.495 e. The van der Waals surface area contributed by atoms with Crippen LogP contribution in [0.1, 0.15) is 5.69 Å². The maximum atomic E-state index is 8.79. The molecule has 0 unspecified atom stereocenters. The Morgan fingerprint density at radius 1 is 1.44 bits per heavy atom. The van der Waals surface area contributed by atoms with Crippen molar-refractivity contribution in [3.8, 4) is 11.8 Å². The van der Waals surface area contributed by atoms with E-state index in [1.54, 1.807) is 19.2 Å². The van der Waals surface area contributed by atoms with Gasteiger partial charge in [-0.25, -0.2) is 4.98 Å². The molecule has 0 aliphatic heterocycles. The summed E-state index contributed by atoms with van der Waals surface area (Å²) in [7, 11) is 1.57. The Morgan fingerprint density at radius 3 is 2.81 bits per heavy atom. The number of ether oxygens (including phenoxy) is 1. The first kappa shape index (κ1) is 11.2. The van der Waals surface area contributed by atoms with E-state index in [9.17, 15) is 0 Å². The Labute approximate surface area is 106 Å². The number of methoxy groups -OCH3 is 1. The summed E-state index contributed by atoms with van der Waals surface area (Å²) in [5.41, 5.74) is 0.936. The quantitative estimate of drug-likeness (QED) is 0.809. The second kappa shape index (κ2) is 4.28. The van der Waals surface area contributed by atoms with Crippen LogP contribution in [-0.2, 0) is 0 Å². The molecule has 0 spiro atoms. The highest BCUT2D eigenvalue weighted by Gasteiger charge is 2.08. The molecule has 1 heterocycles. The van der Waals surface area contributed by atoms with E-state index in [-0.39, 0.29) is 0 Å². The zero-order valence-electron chi connectivity index (χ0n) is 8.29. The zero-order valence-corrected chi connectivity index (χ0v) is 10.6. The lowest BCUT2D eigenvalue weighted by Gasteiger charge is -2.06. The van der Waals surface area contributed by atoms with Gasteiger partial charge in [0.05, 0.1) is 22.1 Å². The van der Waals surface area contributed by atoms with Gasteiger partial charge < -0.3 is 4.74 Å². The van der Waals surface area contributed by atoms with Crippen molar-refractivity contribution in [2.45, 2.75) is 0 Å². The molecular weight excluding hydrogens is 291 g/mol. The molecule has 0 saturated heterocycles. The first-order valence-electron chi connectivity index (χ1n) is 4.39. The van der Waals surface area contributed by atoms with Gasteiger partial charge in [-0.05, 0) is 28.1 Å². The minimum atomic E-state index is 0.293. The standard InChI is InChI=1S/C11H6BrClN2O/c1-16-11-4-10-7(3-8(11)12)9(13)2-6(5-14)15-10/h2-4H,1H3. The third kappa shape index (κ3) is 1.84. The molecule has 2 rings (SSSR count). The Morgan fingerprint density at radius 2 is 2.19 bits per heavy atom. The van der Waals surface area contributed by atoms with Crippen molar-refractivity contribution >= 4 is 38.4 Å². The summed E-state index contributed by atoms with van der Waals surface area (Å²) in [5, 5.41) is 10.1. The van der Waals surface area contributed by atoms with Crippen molar-refractivity contribution in [2.75, 3.05) is 7.11 Å². The number of benzene rings is 1. The molecule has 0 atom stereocenters. The number of rotatable bonds is 1. The highest BCUT2D eigenvalue weighted by Crippen LogP contribution is 2.32. The van der Waals surface area contributed by atoms with Crippen LogP contribution in [0.4, 0.5) is 0 Å². The third-order valence-electron chi connectivity index (χ3n) is 2.15. The Kier molecular flexibility index (Phi) is 2.99. The summed E-state index contributed by atoms with van der Waals surface area (Å²) >= 11 is 9.43. The second-order valence-corrected chi connectivity index (χ2v) is 4.37. The molecule has 0 aliphatic rings. The van der Waals surface area contributed by atoms with Gasteiger partial charge in [0.2, 0.25) is 0 Å². The first-order chi connectivity index (χ1) is 7.65. The summed E-state index contributed by atoms with van der Waals surface area (Å²) in [6.45, 7) is 0. The molecule has 0 N–H and O–H groups in total. The molecule has 0 radical (unpaired) electrons. The van der Waals surface area contributed by atoms with Gasteiger partial charge >= 0.3 is 0 Å². The summed E-state index contributed by atoms with van der Waals surface area (Å²) < 4.78 is 5.96. The van der Waals surface area contributed by atoms with Gasteiger partial charge in [-0.15, -0.1) is 0 Å². The predicted octanol–water partition coefficient (Wildman–Crippen LogP) is 3.53. The van der Waals surface area contributed by atoms with E-state index in [1.165, 1.54) is 0 Å². The Hall–Kier alpha value is -1.31. The van der Waals surface area contributed by atoms with Crippen molar-refractivity contribution in [3.63, 3.8) is 0 Å². The fraction of sp³-hybridized carbons (Fsp3) is 0.0909. The smallest absolute Gasteiger partial charge is 0.142 e. The molecule has 0 amide bonds. The van der Waals surface area contributed by atoms with Crippen molar-refractivity contribution in [1.29, 1.82) is 5.26 Å². The highest BCUT2D eigenvalue weighted by molar-refractivity contribution is 9.10. The molecule has 1 aromatic heterocycles. The SMILES string of the molecule is COc1cc2nc(C#N)cc(Cl)c2cc1Br. The van der Waals surface area contributed by atoms with Crippen molar-refractivity contribution in [3.05, 3.63) is 33.4 Å². The van der Waals surface area contributed by atoms with Gasteiger partial charge in [0, 0.05) is 11.5 Å². The monoisotopic (exact) mass is 296 g/mol. The predicted molar refractivity (Wildman–Crippen MR) is 65.7 cm³/mol. The molecule has 0 saturated carbocycles. The maximum absolute atomic E-state index is 8.79. The average Bonchev–Trinajstić information content (AvgIpc) is 2.29. The van der Waals surface area contributed by atoms with Crippen molar-refractivity contribution in [2.24, 2.45) is 0 Å². The fourth-order valence-electron chi connectivity index (χ4n) is 1.40. The van der Waals surface area contributed by atoms with E-state index in [2.05, 4.69) is 20.9 Å². The minimum Gasteiger partial charge on any atom is -0.495 e. The van der Waals surface area contributed by atoms with Crippen LogP contribution in [0.2, 0.25) is 5.02 Å². The minimum absolute atomic E-state index is 0.293. The van der Waals surface area contributed by atoms with Crippen LogP contribution < -0.4 is 4.74 Å². The number of hydrogen-bond acceptors (Lipinski definition) is 3. The molecule has 2 aromatic rings. The summed E-state index contributed by atoms with van der Waals surface area (Å²) in [6.07, 6.45) is 0. The van der Waals surface area contributed by atoms with E-state index < -0.39 is 0 Å². The Bertz CT molecular complexity index is 607. The van der Waals surface area contributed by atoms with Crippen LogP contribution in [0.25, 0.3) is 10.9 Å². The molecule has 5 heteroatoms. The molecule has 0 fully saturated rings. The van der Waals surface area contributed by atoms with Crippen LogP contribution in [0.15, 0.2) is 22.7 Å². The topological polar surface area (TPSA) is 45.9 Å². The number of halogens is 2. The van der Waals surface area contributed by atoms with Gasteiger partial charge in [-0.2, -0.15) is 5.26 Å². The molecule has 80 valence electrons. The van der Waals surface area contributed by atoms with E-state index in [4.69, 9.17) is 21.6 Å². The number of nitrogens with zero attached hydrogens (tertiary/aromatic N) is 2. The van der Waals surface area contributed by atoms with Crippen LogP contribution in [-0.4, -0.2) is 12.1 Å². The zero-order chi connectivity index (χ0) is 11.7. The van der Waals surface area contributed by atoms with Crippen molar-refractivity contribution in [1.82, 2.24) is 4.98 Å². The van der Waals surface area contributed by atoms with Crippen LogP contribution in [0.5, 0.6) is 5.75 Å². The van der Waals surface area contributed by atoms with Gasteiger partial charge in [-0.3, -0.25) is 0 Å². The summed E-state index contributed by atoms with van der Waals surface area (Å²) in [4.78, 5) is 4.16. The van der Waals surface area contributed by atoms with Gasteiger partial charge in [0.1, 0.15) is 17.5 Å². The maximum Gasteiger partial charge on any atom is 0.142 e. The van der Waals surface area contributed by atoms with Crippen LogP contribution in [0.3, 0.4) is 0 Å². The number of fused-ring (bicyclic) bond motifs is 1. The highest BCUT2D eigenvalue weighted by atomic mass is 79.9. The number of pyridine rings is 1. The van der Waals surface area contributed by atoms with Gasteiger partial charge in [0.25, 0.3) is 0 Å². The normalized spacial score (nSPS) is 10.1. The van der Waals surface area contributed by atoms with E-state index >= 15 is 0 Å². The van der Waals surface area contributed by atoms with Gasteiger partial charge in [0.15, 0.2) is 0 Å². The number of aromatic nitrogens is 1. The third-order valence-corrected chi connectivity index (χ3v) is 3.08. The lowest BCUT2D eigenvalue weighted by molar-refractivity contribution is 0.412. The molecular formula is C11H6BrClN2O. The lowest BCUT2D eigenvalue weighted by atomic mass is 10.2. The Balaban J connectivity index is 2.81. The molecule has 3 nitrogen and oxygen atoms in total. The van der Waals surface area contributed by atoms with Crippen LogP contribution >= 0.6 is 27.5 Å². The van der Waals surface area contributed by atoms with E-state index in [0.717, 1.165) is 9.86 Å². The van der Waals surface area contributed by atoms with E-state index in [0.29, 0.717) is 22.0 Å². The molecule has 16 heavy (non-hydrogen) atoms. The number of nitriles is 1. The number of hydrogen-bond donors (Lipinski definition) is 0. The summed E-state index contributed by atoms with van der Waals surface area (Å²) in [5.74, 6) is 0.658. The summed E-state index contributed by atoms with van der Waals surface area (Å²) in [6, 6.07) is 7.07. The van der Waals surface area contributed by atoms with Gasteiger partial charge in [-0.1, -0.05) is 11.6 Å². The van der Waals surface area contributed by atoms with Crippen LogP contribution in [0, 0.1) is 11.3 Å². The lowest BCUT2D eigenvalue weighted by Crippen LogP contribution is -1.89. The molecule has 1 aromatic carbocycles. The molecule has 0 bridgehead atoms. The average molecular weight is 298 g/mol. The second-order valence-electron chi connectivity index (χ2n) is 3.11. The van der Waals surface area contributed by atoms with Crippen molar-refractivity contribution < 1.29 is 4.74 Å². The first-order valence-corrected chi connectivity index (χ1v) is 5.56. The molecule has 0 aliphatic carbocycles. The fourth-order valence-corrected chi connectivity index (χ4v) is 2.16. The van der Waals surface area contributed by atoms with E-state index in [1.807, 2.05) is 12.1 Å².